The molecule has 5 nitrogen and oxygen atoms in total. The number of carboxylic acids is 1. The van der Waals surface area contributed by atoms with Crippen LogP contribution >= 0.6 is 12.2 Å². The van der Waals surface area contributed by atoms with Crippen molar-refractivity contribution in [3.8, 4) is 23.0 Å². The summed E-state index contributed by atoms with van der Waals surface area (Å²) in [6, 6.07) is 14.7. The lowest BCUT2D eigenvalue weighted by atomic mass is 9.98. The highest BCUT2D eigenvalue weighted by Crippen LogP contribution is 2.24. The molecule has 0 saturated carbocycles. The molecule has 1 heterocycles. The Hall–Kier alpha value is -3.30. The van der Waals surface area contributed by atoms with Crippen molar-refractivity contribution in [3.63, 3.8) is 0 Å². The smallest absolute Gasteiger partial charge is 0.336 e. The fourth-order valence-corrected chi connectivity index (χ4v) is 2.86. The second-order valence-electron chi connectivity index (χ2n) is 5.81. The molecule has 1 N–H and O–H groups in total. The van der Waals surface area contributed by atoms with Gasteiger partial charge in [-0.1, -0.05) is 60.6 Å². The highest BCUT2D eigenvalue weighted by molar-refractivity contribution is 7.79. The molecule has 0 unspecified atom stereocenters. The maximum absolute atomic E-state index is 11.4. The quantitative estimate of drug-likeness (QED) is 0.527. The van der Waals surface area contributed by atoms with Gasteiger partial charge in [-0.2, -0.15) is 0 Å². The summed E-state index contributed by atoms with van der Waals surface area (Å²) in [4.78, 5) is 15.9. The largest absolute Gasteiger partial charge is 0.478 e. The van der Waals surface area contributed by atoms with Crippen molar-refractivity contribution in [2.75, 3.05) is 0 Å². The number of carboxylic acid groups (broad SMARTS) is 1. The minimum atomic E-state index is -0.937. The van der Waals surface area contributed by atoms with Crippen molar-refractivity contribution in [2.24, 2.45) is 0 Å². The van der Waals surface area contributed by atoms with E-state index in [1.54, 1.807) is 23.7 Å². The summed E-state index contributed by atoms with van der Waals surface area (Å²) in [5.74, 6) is 6.19. The van der Waals surface area contributed by atoms with Gasteiger partial charge in [0.15, 0.2) is 5.82 Å². The molecule has 134 valence electrons. The van der Waals surface area contributed by atoms with Crippen molar-refractivity contribution >= 4 is 23.6 Å². The Balaban J connectivity index is 1.87. The van der Waals surface area contributed by atoms with Crippen molar-refractivity contribution in [1.82, 2.24) is 14.8 Å². The Morgan fingerprint density at radius 3 is 2.63 bits per heavy atom. The molecular weight excluding hydrogens is 358 g/mol. The molecule has 0 aliphatic carbocycles. The summed E-state index contributed by atoms with van der Waals surface area (Å²) >= 11 is 4.93. The van der Waals surface area contributed by atoms with Gasteiger partial charge < -0.3 is 5.11 Å². The third-order valence-corrected chi connectivity index (χ3v) is 4.27. The van der Waals surface area contributed by atoms with Gasteiger partial charge in [-0.3, -0.25) is 0 Å². The van der Waals surface area contributed by atoms with Gasteiger partial charge in [-0.25, -0.2) is 14.5 Å². The number of hydrogen-bond donors (Lipinski definition) is 1. The Kier molecular flexibility index (Phi) is 5.74. The predicted molar refractivity (Wildman–Crippen MR) is 108 cm³/mol. The topological polar surface area (TPSA) is 68.0 Å². The highest BCUT2D eigenvalue weighted by Gasteiger charge is 2.12. The molecule has 0 fully saturated rings. The highest BCUT2D eigenvalue weighted by atomic mass is 32.1. The molecule has 0 atom stereocenters. The van der Waals surface area contributed by atoms with Gasteiger partial charge in [-0.15, -0.1) is 11.0 Å². The Morgan fingerprint density at radius 2 is 1.96 bits per heavy atom. The van der Waals surface area contributed by atoms with Crippen molar-refractivity contribution in [1.29, 1.82) is 0 Å². The number of carbonyl (C=O) groups is 1. The van der Waals surface area contributed by atoms with E-state index >= 15 is 0 Å². The van der Waals surface area contributed by atoms with E-state index in [1.807, 2.05) is 36.4 Å². The van der Waals surface area contributed by atoms with Crippen LogP contribution in [-0.2, 0) is 13.0 Å². The summed E-state index contributed by atoms with van der Waals surface area (Å²) in [6.07, 6.45) is 0.586. The second-order valence-corrected chi connectivity index (χ2v) is 6.05. The summed E-state index contributed by atoms with van der Waals surface area (Å²) in [7, 11) is 0. The molecule has 0 spiro atoms. The predicted octanol–water partition coefficient (Wildman–Crippen LogP) is 3.61. The number of rotatable bonds is 6. The van der Waals surface area contributed by atoms with Crippen LogP contribution in [0, 0.1) is 11.8 Å². The minimum absolute atomic E-state index is 0.286. The number of hydrogen-bond acceptors (Lipinski definition) is 4. The Bertz CT molecular complexity index is 1040. The molecule has 0 aliphatic rings. The number of thiocarbonyl (C=S) groups is 1. The third kappa shape index (κ3) is 4.27. The number of nitrogens with zero attached hydrogens (tertiary/aromatic N) is 3. The van der Waals surface area contributed by atoms with Gasteiger partial charge in [0.1, 0.15) is 12.4 Å². The molecule has 6 heteroatoms. The lowest BCUT2D eigenvalue weighted by Crippen LogP contribution is -2.05. The standard InChI is InChI=1S/C21H17N3O2S/c1-2-3-12-24-20(22-19(14-27)23-24)13-15-8-10-16(11-9-15)17-6-4-5-7-18(17)21(25)26/h4-11,14H,12-13H2,1H3,(H,25,26). The first kappa shape index (κ1) is 18.5. The van der Waals surface area contributed by atoms with Crippen molar-refractivity contribution in [3.05, 3.63) is 71.3 Å². The van der Waals surface area contributed by atoms with Crippen LogP contribution in [0.1, 0.15) is 34.5 Å². The lowest BCUT2D eigenvalue weighted by molar-refractivity contribution is 0.0697. The first-order valence-electron chi connectivity index (χ1n) is 8.32. The van der Waals surface area contributed by atoms with Crippen LogP contribution < -0.4 is 0 Å². The molecule has 1 aromatic heterocycles. The maximum atomic E-state index is 11.4. The van der Waals surface area contributed by atoms with Gasteiger partial charge in [0.2, 0.25) is 0 Å². The molecule has 2 aromatic carbocycles. The first-order chi connectivity index (χ1) is 13.1. The van der Waals surface area contributed by atoms with Crippen LogP contribution in [0.15, 0.2) is 48.5 Å². The molecule has 27 heavy (non-hydrogen) atoms. The Labute approximate surface area is 162 Å². The number of aromatic carboxylic acids is 1. The average Bonchev–Trinajstić information content (AvgIpc) is 3.08. The van der Waals surface area contributed by atoms with Crippen LogP contribution in [-0.4, -0.2) is 31.2 Å². The van der Waals surface area contributed by atoms with E-state index in [4.69, 9.17) is 12.2 Å². The molecule has 3 rings (SSSR count). The summed E-state index contributed by atoms with van der Waals surface area (Å²) in [6.45, 7) is 2.25. The van der Waals surface area contributed by atoms with Gasteiger partial charge >= 0.3 is 5.97 Å². The minimum Gasteiger partial charge on any atom is -0.478 e. The fraction of sp³-hybridized carbons (Fsp3) is 0.143. The lowest BCUT2D eigenvalue weighted by Gasteiger charge is -2.08. The van der Waals surface area contributed by atoms with Gasteiger partial charge in [0.05, 0.1) is 5.56 Å². The Morgan fingerprint density at radius 1 is 1.22 bits per heavy atom. The van der Waals surface area contributed by atoms with E-state index in [2.05, 4.69) is 21.9 Å². The normalized spacial score (nSPS) is 10.1. The van der Waals surface area contributed by atoms with E-state index in [9.17, 15) is 9.90 Å². The molecule has 0 radical (unpaired) electrons. The van der Waals surface area contributed by atoms with Gasteiger partial charge in [0.25, 0.3) is 0 Å². The van der Waals surface area contributed by atoms with Gasteiger partial charge in [-0.05, 0) is 29.7 Å². The van der Waals surface area contributed by atoms with Crippen molar-refractivity contribution in [2.45, 2.75) is 19.9 Å². The molecule has 0 bridgehead atoms. The van der Waals surface area contributed by atoms with E-state index in [-0.39, 0.29) is 5.56 Å². The fourth-order valence-electron chi connectivity index (χ4n) is 2.76. The van der Waals surface area contributed by atoms with Crippen LogP contribution in [0.3, 0.4) is 0 Å². The summed E-state index contributed by atoms with van der Waals surface area (Å²) < 4.78 is 1.75. The van der Waals surface area contributed by atoms with Gasteiger partial charge in [0, 0.05) is 11.8 Å². The monoisotopic (exact) mass is 375 g/mol. The van der Waals surface area contributed by atoms with E-state index in [0.717, 1.165) is 17.0 Å². The van der Waals surface area contributed by atoms with E-state index < -0.39 is 5.97 Å². The van der Waals surface area contributed by atoms with E-state index in [1.165, 1.54) is 5.37 Å². The first-order valence-corrected chi connectivity index (χ1v) is 8.79. The zero-order chi connectivity index (χ0) is 19.2. The maximum Gasteiger partial charge on any atom is 0.336 e. The number of aromatic nitrogens is 3. The molecule has 3 aromatic rings. The van der Waals surface area contributed by atoms with Crippen molar-refractivity contribution < 1.29 is 9.90 Å². The molecule has 0 amide bonds. The van der Waals surface area contributed by atoms with Crippen LogP contribution in [0.2, 0.25) is 0 Å². The summed E-state index contributed by atoms with van der Waals surface area (Å²) in [5, 5.41) is 15.1. The third-order valence-electron chi connectivity index (χ3n) is 4.06. The van der Waals surface area contributed by atoms with Crippen LogP contribution in [0.25, 0.3) is 11.1 Å². The second kappa shape index (κ2) is 8.39. The zero-order valence-electron chi connectivity index (χ0n) is 14.7. The average molecular weight is 375 g/mol. The SMILES string of the molecule is CC#CCn1nc(C=S)nc1Cc1ccc(-c2ccccc2C(=O)O)cc1. The molecule has 0 aliphatic heterocycles. The molecule has 0 saturated heterocycles. The van der Waals surface area contributed by atoms with Crippen LogP contribution in [0.4, 0.5) is 0 Å². The summed E-state index contributed by atoms with van der Waals surface area (Å²) in [5.41, 5.74) is 2.88. The zero-order valence-corrected chi connectivity index (χ0v) is 15.5. The van der Waals surface area contributed by atoms with E-state index in [0.29, 0.717) is 24.4 Å². The van der Waals surface area contributed by atoms with Crippen LogP contribution in [0.5, 0.6) is 0 Å². The number of benzene rings is 2. The molecular formula is C21H17N3O2S.